The molecule has 0 bridgehead atoms. The third kappa shape index (κ3) is 5.85. The van der Waals surface area contributed by atoms with Crippen LogP contribution in [-0.2, 0) is 9.59 Å². The molecule has 0 saturated carbocycles. The van der Waals surface area contributed by atoms with Gasteiger partial charge in [0, 0.05) is 16.7 Å². The Morgan fingerprint density at radius 3 is 2.70 bits per heavy atom. The molecule has 0 aromatic heterocycles. The maximum absolute atomic E-state index is 12.5. The van der Waals surface area contributed by atoms with E-state index in [0.29, 0.717) is 27.3 Å². The molecule has 9 heteroatoms. The molecule has 3 rings (SSSR count). The van der Waals surface area contributed by atoms with Gasteiger partial charge in [-0.15, -0.1) is 6.58 Å². The molecule has 1 saturated heterocycles. The highest BCUT2D eigenvalue weighted by Gasteiger charge is 2.31. The Morgan fingerprint density at radius 2 is 2.00 bits per heavy atom. The van der Waals surface area contributed by atoms with Crippen LogP contribution < -0.4 is 14.8 Å². The molecule has 6 nitrogen and oxygen atoms in total. The summed E-state index contributed by atoms with van der Waals surface area (Å²) >= 11 is 10.00. The van der Waals surface area contributed by atoms with Gasteiger partial charge in [-0.25, -0.2) is 0 Å². The summed E-state index contributed by atoms with van der Waals surface area (Å²) in [5, 5.41) is 2.87. The number of rotatable bonds is 8. The molecule has 1 aliphatic rings. The van der Waals surface area contributed by atoms with E-state index >= 15 is 0 Å². The van der Waals surface area contributed by atoms with Crippen molar-refractivity contribution in [3.63, 3.8) is 0 Å². The van der Waals surface area contributed by atoms with Gasteiger partial charge in [0.05, 0.1) is 12.0 Å². The zero-order valence-electron chi connectivity index (χ0n) is 18.4. The molecule has 172 valence electrons. The van der Waals surface area contributed by atoms with Crippen LogP contribution in [0.15, 0.2) is 52.4 Å². The van der Waals surface area contributed by atoms with E-state index in [9.17, 15) is 9.59 Å². The Balaban J connectivity index is 1.69. The summed E-state index contributed by atoms with van der Waals surface area (Å²) in [6.45, 7) is 7.78. The lowest BCUT2D eigenvalue weighted by Gasteiger charge is -2.14. The average Bonchev–Trinajstić information content (AvgIpc) is 3.06. The van der Waals surface area contributed by atoms with Crippen LogP contribution in [0.4, 0.5) is 5.69 Å². The van der Waals surface area contributed by atoms with Gasteiger partial charge in [0.15, 0.2) is 18.1 Å². The molecule has 1 fully saturated rings. The van der Waals surface area contributed by atoms with E-state index in [1.54, 1.807) is 30.4 Å². The Hall–Kier alpha value is -2.62. The third-order valence-electron chi connectivity index (χ3n) is 5.02. The zero-order valence-corrected chi connectivity index (χ0v) is 21.7. The van der Waals surface area contributed by atoms with Gasteiger partial charge in [0.1, 0.15) is 4.32 Å². The smallest absolute Gasteiger partial charge is 0.266 e. The minimum absolute atomic E-state index is 0.153. The number of ether oxygens (including phenoxy) is 2. The van der Waals surface area contributed by atoms with Crippen LogP contribution in [0, 0.1) is 13.8 Å². The molecule has 0 aliphatic carbocycles. The van der Waals surface area contributed by atoms with E-state index < -0.39 is 0 Å². The molecule has 0 unspecified atom stereocenters. The van der Waals surface area contributed by atoms with Crippen molar-refractivity contribution in [1.29, 1.82) is 0 Å². The highest BCUT2D eigenvalue weighted by molar-refractivity contribution is 9.10. The van der Waals surface area contributed by atoms with Crippen molar-refractivity contribution >= 4 is 67.8 Å². The summed E-state index contributed by atoms with van der Waals surface area (Å²) in [5.41, 5.74) is 3.54. The van der Waals surface area contributed by atoms with Crippen molar-refractivity contribution in [2.45, 2.75) is 13.8 Å². The number of anilines is 1. The molecule has 0 atom stereocenters. The van der Waals surface area contributed by atoms with Gasteiger partial charge >= 0.3 is 0 Å². The number of nitrogens with zero attached hydrogens (tertiary/aromatic N) is 1. The topological polar surface area (TPSA) is 67.9 Å². The first-order chi connectivity index (χ1) is 15.7. The van der Waals surface area contributed by atoms with Gasteiger partial charge in [0.25, 0.3) is 11.8 Å². The van der Waals surface area contributed by atoms with E-state index in [1.165, 1.54) is 23.8 Å². The standard InChI is InChI=1S/C24H23BrN2O4S2/c1-5-10-27-23(29)21(33-24(27)32)12-16-6-9-19(20(11-16)30-4)31-13-22(28)26-18-8-7-17(25)14(2)15(18)3/h5-9,11-12H,1,10,13H2,2-4H3,(H,26,28)/b21-12+. The summed E-state index contributed by atoms with van der Waals surface area (Å²) in [4.78, 5) is 27.0. The summed E-state index contributed by atoms with van der Waals surface area (Å²) in [6.07, 6.45) is 3.39. The Morgan fingerprint density at radius 1 is 1.24 bits per heavy atom. The van der Waals surface area contributed by atoms with Crippen molar-refractivity contribution in [2.75, 3.05) is 25.6 Å². The zero-order chi connectivity index (χ0) is 24.1. The lowest BCUT2D eigenvalue weighted by molar-refractivity contribution is -0.121. The fourth-order valence-electron chi connectivity index (χ4n) is 3.08. The number of hydrogen-bond donors (Lipinski definition) is 1. The number of carbonyl (C=O) groups excluding carboxylic acids is 2. The van der Waals surface area contributed by atoms with Crippen molar-refractivity contribution < 1.29 is 19.1 Å². The fraction of sp³-hybridized carbons (Fsp3) is 0.208. The second kappa shape index (κ2) is 11.0. The highest BCUT2D eigenvalue weighted by atomic mass is 79.9. The molecule has 33 heavy (non-hydrogen) atoms. The number of methoxy groups -OCH3 is 1. The minimum atomic E-state index is -0.281. The van der Waals surface area contributed by atoms with Crippen LogP contribution in [-0.4, -0.2) is 41.3 Å². The first-order valence-corrected chi connectivity index (χ1v) is 12.0. The third-order valence-corrected chi connectivity index (χ3v) is 7.26. The summed E-state index contributed by atoms with van der Waals surface area (Å²) in [6, 6.07) is 8.98. The molecule has 1 aliphatic heterocycles. The van der Waals surface area contributed by atoms with Gasteiger partial charge in [-0.05, 0) is 60.9 Å². The number of carbonyl (C=O) groups is 2. The quantitative estimate of drug-likeness (QED) is 0.268. The SMILES string of the molecule is C=CCN1C(=O)/C(=C\c2ccc(OCC(=O)Nc3ccc(Br)c(C)c3C)c(OC)c2)SC1=S. The van der Waals surface area contributed by atoms with Gasteiger partial charge in [-0.1, -0.05) is 52.1 Å². The molecule has 0 spiro atoms. The second-order valence-corrected chi connectivity index (χ2v) is 9.70. The van der Waals surface area contributed by atoms with Gasteiger partial charge in [0.2, 0.25) is 0 Å². The van der Waals surface area contributed by atoms with Gasteiger partial charge in [-0.3, -0.25) is 14.5 Å². The molecular formula is C24H23BrN2O4S2. The Labute approximate surface area is 211 Å². The largest absolute Gasteiger partial charge is 0.493 e. The van der Waals surface area contributed by atoms with Crippen molar-refractivity contribution in [1.82, 2.24) is 4.90 Å². The summed E-state index contributed by atoms with van der Waals surface area (Å²) in [7, 11) is 1.52. The minimum Gasteiger partial charge on any atom is -0.493 e. The Bertz CT molecular complexity index is 1160. The van der Waals surface area contributed by atoms with E-state index in [1.807, 2.05) is 26.0 Å². The molecule has 2 amide bonds. The lowest BCUT2D eigenvalue weighted by atomic mass is 10.1. The normalized spacial score (nSPS) is 14.5. The average molecular weight is 547 g/mol. The fourth-order valence-corrected chi connectivity index (χ4v) is 4.79. The van der Waals surface area contributed by atoms with Gasteiger partial charge in [-0.2, -0.15) is 0 Å². The van der Waals surface area contributed by atoms with E-state index in [0.717, 1.165) is 26.9 Å². The number of nitrogens with one attached hydrogen (secondary N) is 1. The van der Waals surface area contributed by atoms with Crippen molar-refractivity contribution in [3.8, 4) is 11.5 Å². The number of thioether (sulfide) groups is 1. The van der Waals surface area contributed by atoms with Crippen molar-refractivity contribution in [3.05, 3.63) is 69.1 Å². The predicted molar refractivity (Wildman–Crippen MR) is 141 cm³/mol. The maximum Gasteiger partial charge on any atom is 0.266 e. The van der Waals surface area contributed by atoms with Crippen LogP contribution >= 0.6 is 39.9 Å². The van der Waals surface area contributed by atoms with E-state index in [-0.39, 0.29) is 18.4 Å². The summed E-state index contributed by atoms with van der Waals surface area (Å²) < 4.78 is 12.6. The van der Waals surface area contributed by atoms with Crippen LogP contribution in [0.5, 0.6) is 11.5 Å². The number of halogens is 1. The first kappa shape index (κ1) is 25.0. The molecular weight excluding hydrogens is 524 g/mol. The molecule has 1 heterocycles. The maximum atomic E-state index is 12.5. The Kier molecular flexibility index (Phi) is 8.34. The van der Waals surface area contributed by atoms with E-state index in [2.05, 4.69) is 27.8 Å². The van der Waals surface area contributed by atoms with Crippen LogP contribution in [0.25, 0.3) is 6.08 Å². The first-order valence-electron chi connectivity index (χ1n) is 9.97. The molecule has 2 aromatic carbocycles. The van der Waals surface area contributed by atoms with Crippen LogP contribution in [0.2, 0.25) is 0 Å². The molecule has 0 radical (unpaired) electrons. The van der Waals surface area contributed by atoms with Crippen molar-refractivity contribution in [2.24, 2.45) is 0 Å². The monoisotopic (exact) mass is 546 g/mol. The molecule has 1 N–H and O–H groups in total. The van der Waals surface area contributed by atoms with Gasteiger partial charge < -0.3 is 14.8 Å². The van der Waals surface area contributed by atoms with Crippen LogP contribution in [0.1, 0.15) is 16.7 Å². The summed E-state index contributed by atoms with van der Waals surface area (Å²) in [5.74, 6) is 0.442. The predicted octanol–water partition coefficient (Wildman–Crippen LogP) is 5.48. The highest BCUT2D eigenvalue weighted by Crippen LogP contribution is 2.34. The molecule has 2 aromatic rings. The number of hydrogen-bond acceptors (Lipinski definition) is 6. The number of thiocarbonyl (C=S) groups is 1. The number of benzene rings is 2. The lowest BCUT2D eigenvalue weighted by Crippen LogP contribution is -2.27. The second-order valence-electron chi connectivity index (χ2n) is 7.17. The number of amides is 2. The van der Waals surface area contributed by atoms with Crippen LogP contribution in [0.3, 0.4) is 0 Å². The van der Waals surface area contributed by atoms with E-state index in [4.69, 9.17) is 21.7 Å².